The zero-order valence-corrected chi connectivity index (χ0v) is 13.3. The molecule has 0 fully saturated rings. The smallest absolute Gasteiger partial charge is 0.257 e. The lowest BCUT2D eigenvalue weighted by molar-refractivity contribution is 0.0783. The Morgan fingerprint density at radius 1 is 1.14 bits per heavy atom. The van der Waals surface area contributed by atoms with Gasteiger partial charge in [-0.3, -0.25) is 9.89 Å². The summed E-state index contributed by atoms with van der Waals surface area (Å²) in [7, 11) is 5.83. The van der Waals surface area contributed by atoms with E-state index in [0.29, 0.717) is 12.1 Å². The van der Waals surface area contributed by atoms with E-state index in [1.807, 2.05) is 47.1 Å². The first kappa shape index (κ1) is 15.1. The summed E-state index contributed by atoms with van der Waals surface area (Å²) >= 11 is 0. The van der Waals surface area contributed by atoms with Crippen LogP contribution in [0.25, 0.3) is 0 Å². The van der Waals surface area contributed by atoms with E-state index in [9.17, 15) is 4.79 Å². The molecule has 0 bridgehead atoms. The minimum atomic E-state index is -0.00423. The van der Waals surface area contributed by atoms with E-state index in [-0.39, 0.29) is 5.91 Å². The van der Waals surface area contributed by atoms with Gasteiger partial charge in [0.2, 0.25) is 0 Å². The quantitative estimate of drug-likeness (QED) is 0.938. The van der Waals surface area contributed by atoms with Gasteiger partial charge < -0.3 is 9.80 Å². The van der Waals surface area contributed by atoms with Gasteiger partial charge in [-0.25, -0.2) is 0 Å². The van der Waals surface area contributed by atoms with Crippen LogP contribution in [0.2, 0.25) is 0 Å². The molecule has 0 saturated heterocycles. The van der Waals surface area contributed by atoms with Gasteiger partial charge in [0, 0.05) is 39.1 Å². The van der Waals surface area contributed by atoms with Crippen LogP contribution in [-0.2, 0) is 6.54 Å². The van der Waals surface area contributed by atoms with E-state index >= 15 is 0 Å². The Labute approximate surface area is 125 Å². The number of benzene rings is 1. The largest absolute Gasteiger partial charge is 0.378 e. The number of anilines is 1. The molecule has 1 amide bonds. The average Bonchev–Trinajstić information content (AvgIpc) is 2.78. The molecule has 2 aromatic rings. The standard InChI is InChI=1S/C16H22N4O/c1-11-15(12(2)18-17-11)16(21)20(5)10-13-6-8-14(9-7-13)19(3)4/h6-9H,10H2,1-5H3,(H,17,18). The van der Waals surface area contributed by atoms with E-state index in [1.165, 1.54) is 0 Å². The van der Waals surface area contributed by atoms with Crippen molar-refractivity contribution in [1.29, 1.82) is 0 Å². The SMILES string of the molecule is Cc1n[nH]c(C)c1C(=O)N(C)Cc1ccc(N(C)C)cc1. The van der Waals surface area contributed by atoms with Crippen LogP contribution < -0.4 is 4.90 Å². The highest BCUT2D eigenvalue weighted by atomic mass is 16.2. The van der Waals surface area contributed by atoms with Gasteiger partial charge in [-0.15, -0.1) is 0 Å². The van der Waals surface area contributed by atoms with Gasteiger partial charge in [0.15, 0.2) is 0 Å². The lowest BCUT2D eigenvalue weighted by Gasteiger charge is -2.18. The third kappa shape index (κ3) is 3.24. The van der Waals surface area contributed by atoms with E-state index < -0.39 is 0 Å². The molecule has 0 atom stereocenters. The second kappa shape index (κ2) is 5.99. The minimum Gasteiger partial charge on any atom is -0.378 e. The fourth-order valence-electron chi connectivity index (χ4n) is 2.30. The summed E-state index contributed by atoms with van der Waals surface area (Å²) in [6, 6.07) is 8.21. The van der Waals surface area contributed by atoms with E-state index in [4.69, 9.17) is 0 Å². The maximum absolute atomic E-state index is 12.5. The summed E-state index contributed by atoms with van der Waals surface area (Å²) in [5.41, 5.74) is 4.48. The van der Waals surface area contributed by atoms with Crippen LogP contribution in [0.1, 0.15) is 27.3 Å². The molecule has 0 aliphatic rings. The molecular weight excluding hydrogens is 264 g/mol. The van der Waals surface area contributed by atoms with Gasteiger partial charge in [-0.2, -0.15) is 5.10 Å². The summed E-state index contributed by atoms with van der Waals surface area (Å²) < 4.78 is 0. The fourth-order valence-corrected chi connectivity index (χ4v) is 2.30. The second-order valence-electron chi connectivity index (χ2n) is 5.53. The first-order valence-electron chi connectivity index (χ1n) is 6.93. The van der Waals surface area contributed by atoms with E-state index in [1.54, 1.807) is 4.90 Å². The van der Waals surface area contributed by atoms with Crippen molar-refractivity contribution in [2.45, 2.75) is 20.4 Å². The van der Waals surface area contributed by atoms with Crippen molar-refractivity contribution >= 4 is 11.6 Å². The van der Waals surface area contributed by atoms with E-state index in [0.717, 1.165) is 22.6 Å². The van der Waals surface area contributed by atoms with Crippen molar-refractivity contribution in [2.24, 2.45) is 0 Å². The van der Waals surface area contributed by atoms with Gasteiger partial charge in [0.05, 0.1) is 11.3 Å². The Morgan fingerprint density at radius 2 is 1.76 bits per heavy atom. The van der Waals surface area contributed by atoms with Crippen LogP contribution in [0, 0.1) is 13.8 Å². The number of rotatable bonds is 4. The number of aryl methyl sites for hydroxylation is 2. The molecule has 1 aromatic carbocycles. The molecule has 0 spiro atoms. The molecule has 0 unspecified atom stereocenters. The molecule has 2 rings (SSSR count). The number of hydrogen-bond acceptors (Lipinski definition) is 3. The predicted octanol–water partition coefficient (Wildman–Crippen LogP) is 2.36. The molecule has 5 nitrogen and oxygen atoms in total. The predicted molar refractivity (Wildman–Crippen MR) is 84.6 cm³/mol. The first-order chi connectivity index (χ1) is 9.90. The highest BCUT2D eigenvalue weighted by Gasteiger charge is 2.19. The van der Waals surface area contributed by atoms with Gasteiger partial charge in [-0.1, -0.05) is 12.1 Å². The Morgan fingerprint density at radius 3 is 2.24 bits per heavy atom. The summed E-state index contributed by atoms with van der Waals surface area (Å²) in [6.45, 7) is 4.29. The molecule has 1 aromatic heterocycles. The molecule has 0 aliphatic heterocycles. The minimum absolute atomic E-state index is 0.00423. The lowest BCUT2D eigenvalue weighted by Crippen LogP contribution is -2.27. The van der Waals surface area contributed by atoms with Crippen molar-refractivity contribution in [3.63, 3.8) is 0 Å². The zero-order chi connectivity index (χ0) is 15.6. The van der Waals surface area contributed by atoms with Crippen molar-refractivity contribution < 1.29 is 4.79 Å². The van der Waals surface area contributed by atoms with Gasteiger partial charge in [0.1, 0.15) is 0 Å². The third-order valence-corrected chi connectivity index (χ3v) is 3.56. The number of hydrogen-bond donors (Lipinski definition) is 1. The number of aromatic amines is 1. The summed E-state index contributed by atoms with van der Waals surface area (Å²) in [4.78, 5) is 16.3. The topological polar surface area (TPSA) is 52.2 Å². The average molecular weight is 286 g/mol. The normalized spacial score (nSPS) is 10.5. The van der Waals surface area contributed by atoms with Gasteiger partial charge in [0.25, 0.3) is 5.91 Å². The first-order valence-corrected chi connectivity index (χ1v) is 6.93. The van der Waals surface area contributed by atoms with Crippen LogP contribution in [0.5, 0.6) is 0 Å². The van der Waals surface area contributed by atoms with Crippen molar-refractivity contribution in [2.75, 3.05) is 26.0 Å². The monoisotopic (exact) mass is 286 g/mol. The van der Waals surface area contributed by atoms with Crippen molar-refractivity contribution in [3.8, 4) is 0 Å². The van der Waals surface area contributed by atoms with E-state index in [2.05, 4.69) is 27.2 Å². The molecule has 0 saturated carbocycles. The Kier molecular flexibility index (Phi) is 4.31. The summed E-state index contributed by atoms with van der Waals surface area (Å²) in [6.07, 6.45) is 0. The van der Waals surface area contributed by atoms with Gasteiger partial charge >= 0.3 is 0 Å². The van der Waals surface area contributed by atoms with Gasteiger partial charge in [-0.05, 0) is 31.5 Å². The Balaban J connectivity index is 2.11. The second-order valence-corrected chi connectivity index (χ2v) is 5.53. The Hall–Kier alpha value is -2.30. The summed E-state index contributed by atoms with van der Waals surface area (Å²) in [5.74, 6) is -0.00423. The number of amides is 1. The Bertz CT molecular complexity index is 609. The summed E-state index contributed by atoms with van der Waals surface area (Å²) in [5, 5.41) is 6.93. The lowest BCUT2D eigenvalue weighted by atomic mass is 10.1. The number of nitrogens with one attached hydrogen (secondary N) is 1. The van der Waals surface area contributed by atoms with Crippen LogP contribution in [0.3, 0.4) is 0 Å². The number of nitrogens with zero attached hydrogens (tertiary/aromatic N) is 3. The molecule has 0 aliphatic carbocycles. The maximum atomic E-state index is 12.5. The molecule has 5 heteroatoms. The molecule has 112 valence electrons. The maximum Gasteiger partial charge on any atom is 0.257 e. The van der Waals surface area contributed by atoms with Crippen molar-refractivity contribution in [3.05, 3.63) is 46.8 Å². The molecular formula is C16H22N4O. The van der Waals surface area contributed by atoms with Crippen molar-refractivity contribution in [1.82, 2.24) is 15.1 Å². The highest BCUT2D eigenvalue weighted by Crippen LogP contribution is 2.16. The van der Waals surface area contributed by atoms with Crippen LogP contribution in [-0.4, -0.2) is 42.1 Å². The zero-order valence-electron chi connectivity index (χ0n) is 13.3. The number of H-pyrrole nitrogens is 1. The van der Waals surface area contributed by atoms with Crippen LogP contribution >= 0.6 is 0 Å². The molecule has 21 heavy (non-hydrogen) atoms. The fraction of sp³-hybridized carbons (Fsp3) is 0.375. The number of carbonyl (C=O) groups is 1. The molecule has 1 N–H and O–H groups in total. The number of aromatic nitrogens is 2. The molecule has 1 heterocycles. The third-order valence-electron chi connectivity index (χ3n) is 3.56. The van der Waals surface area contributed by atoms with Crippen LogP contribution in [0.15, 0.2) is 24.3 Å². The molecule has 0 radical (unpaired) electrons. The number of carbonyl (C=O) groups excluding carboxylic acids is 1. The highest BCUT2D eigenvalue weighted by molar-refractivity contribution is 5.96. The van der Waals surface area contributed by atoms with Crippen LogP contribution in [0.4, 0.5) is 5.69 Å².